The van der Waals surface area contributed by atoms with E-state index in [2.05, 4.69) is 17.6 Å². The lowest BCUT2D eigenvalue weighted by Gasteiger charge is -2.27. The molecule has 0 aromatic carbocycles. The number of halogens is 1. The summed E-state index contributed by atoms with van der Waals surface area (Å²) in [6.07, 6.45) is 4.49. The van der Waals surface area contributed by atoms with Crippen LogP contribution in [0.2, 0.25) is 0 Å². The Hall–Kier alpha value is -1.33. The highest BCUT2D eigenvalue weighted by Gasteiger charge is 2.22. The molecule has 2 rings (SSSR count). The maximum absolute atomic E-state index is 12.0. The fourth-order valence-electron chi connectivity index (χ4n) is 2.72. The number of hydrogen-bond donors (Lipinski definition) is 2. The first-order chi connectivity index (χ1) is 9.58. The van der Waals surface area contributed by atoms with E-state index in [9.17, 15) is 9.59 Å². The van der Waals surface area contributed by atoms with E-state index in [1.165, 1.54) is 17.4 Å². The molecule has 118 valence electrons. The second kappa shape index (κ2) is 8.20. The second-order valence-electron chi connectivity index (χ2n) is 5.67. The van der Waals surface area contributed by atoms with Gasteiger partial charge in [-0.25, -0.2) is 0 Å². The molecular weight excluding hydrogens is 290 g/mol. The van der Waals surface area contributed by atoms with Crippen molar-refractivity contribution in [3.05, 3.63) is 28.7 Å². The molecule has 21 heavy (non-hydrogen) atoms. The molecule has 2 atom stereocenters. The van der Waals surface area contributed by atoms with Crippen molar-refractivity contribution in [3.63, 3.8) is 0 Å². The molecule has 1 aliphatic heterocycles. The van der Waals surface area contributed by atoms with Gasteiger partial charge in [-0.3, -0.25) is 9.59 Å². The monoisotopic (exact) mass is 313 g/mol. The SMILES string of the molecule is CC(CC(=O)Nc1cccn(C)c1=O)C1CCCNC1.Cl. The molecule has 0 bridgehead atoms. The van der Waals surface area contributed by atoms with E-state index in [0.717, 1.165) is 13.1 Å². The fraction of sp³-hybridized carbons (Fsp3) is 0.600. The van der Waals surface area contributed by atoms with Crippen LogP contribution < -0.4 is 16.2 Å². The number of aromatic nitrogens is 1. The number of carbonyl (C=O) groups is 1. The van der Waals surface area contributed by atoms with Gasteiger partial charge in [0.05, 0.1) is 0 Å². The summed E-state index contributed by atoms with van der Waals surface area (Å²) < 4.78 is 1.46. The number of nitrogens with zero attached hydrogens (tertiary/aromatic N) is 1. The lowest BCUT2D eigenvalue weighted by Crippen LogP contribution is -2.34. The van der Waals surface area contributed by atoms with Crippen LogP contribution in [0.25, 0.3) is 0 Å². The molecule has 1 aliphatic rings. The van der Waals surface area contributed by atoms with Crippen molar-refractivity contribution in [2.75, 3.05) is 18.4 Å². The number of piperidine rings is 1. The highest BCUT2D eigenvalue weighted by atomic mass is 35.5. The third-order valence-electron chi connectivity index (χ3n) is 4.04. The average Bonchev–Trinajstić information content (AvgIpc) is 2.45. The minimum Gasteiger partial charge on any atom is -0.321 e. The van der Waals surface area contributed by atoms with Crippen molar-refractivity contribution in [2.24, 2.45) is 18.9 Å². The van der Waals surface area contributed by atoms with Crippen molar-refractivity contribution in [1.82, 2.24) is 9.88 Å². The number of anilines is 1. The predicted octanol–water partition coefficient (Wildman–Crippen LogP) is 1.77. The van der Waals surface area contributed by atoms with Gasteiger partial charge >= 0.3 is 0 Å². The molecule has 1 saturated heterocycles. The van der Waals surface area contributed by atoms with E-state index in [1.807, 2.05) is 0 Å². The summed E-state index contributed by atoms with van der Waals surface area (Å²) in [6.45, 7) is 4.18. The van der Waals surface area contributed by atoms with Crippen LogP contribution in [0, 0.1) is 11.8 Å². The van der Waals surface area contributed by atoms with E-state index in [1.54, 1.807) is 25.4 Å². The van der Waals surface area contributed by atoms with Crippen molar-refractivity contribution in [1.29, 1.82) is 0 Å². The minimum absolute atomic E-state index is 0. The van der Waals surface area contributed by atoms with Crippen LogP contribution in [0.4, 0.5) is 5.69 Å². The van der Waals surface area contributed by atoms with E-state index >= 15 is 0 Å². The zero-order chi connectivity index (χ0) is 14.5. The summed E-state index contributed by atoms with van der Waals surface area (Å²) in [5.41, 5.74) is 0.182. The Morgan fingerprint density at radius 3 is 3.00 bits per heavy atom. The first kappa shape index (κ1) is 17.7. The number of amides is 1. The molecule has 0 saturated carbocycles. The number of carbonyl (C=O) groups excluding carboxylic acids is 1. The number of nitrogens with one attached hydrogen (secondary N) is 2. The zero-order valence-electron chi connectivity index (χ0n) is 12.6. The molecule has 1 aromatic rings. The van der Waals surface area contributed by atoms with E-state index < -0.39 is 0 Å². The lowest BCUT2D eigenvalue weighted by atomic mass is 9.85. The van der Waals surface area contributed by atoms with Gasteiger partial charge in [0.25, 0.3) is 5.56 Å². The van der Waals surface area contributed by atoms with Gasteiger partial charge in [-0.15, -0.1) is 12.4 Å². The Balaban J connectivity index is 0.00000220. The maximum Gasteiger partial charge on any atom is 0.274 e. The summed E-state index contributed by atoms with van der Waals surface area (Å²) in [5.74, 6) is 0.801. The van der Waals surface area contributed by atoms with Crippen LogP contribution >= 0.6 is 12.4 Å². The Kier molecular flexibility index (Phi) is 6.92. The third-order valence-corrected chi connectivity index (χ3v) is 4.04. The van der Waals surface area contributed by atoms with Gasteiger partial charge in [0.1, 0.15) is 5.69 Å². The number of rotatable bonds is 4. The topological polar surface area (TPSA) is 63.1 Å². The first-order valence-corrected chi connectivity index (χ1v) is 7.24. The number of pyridine rings is 1. The predicted molar refractivity (Wildman–Crippen MR) is 86.9 cm³/mol. The van der Waals surface area contributed by atoms with E-state index in [0.29, 0.717) is 23.9 Å². The van der Waals surface area contributed by atoms with Crippen LogP contribution in [0.5, 0.6) is 0 Å². The quantitative estimate of drug-likeness (QED) is 0.890. The van der Waals surface area contributed by atoms with Crippen molar-refractivity contribution in [3.8, 4) is 0 Å². The lowest BCUT2D eigenvalue weighted by molar-refractivity contribution is -0.117. The van der Waals surface area contributed by atoms with Gasteiger partial charge in [-0.05, 0) is 49.9 Å². The van der Waals surface area contributed by atoms with E-state index in [4.69, 9.17) is 0 Å². The zero-order valence-corrected chi connectivity index (χ0v) is 13.4. The molecule has 2 heterocycles. The standard InChI is InChI=1S/C15H23N3O2.ClH/c1-11(12-5-3-7-16-10-12)9-14(19)17-13-6-4-8-18(2)15(13)20;/h4,6,8,11-12,16H,3,5,7,9-10H2,1-2H3,(H,17,19);1H. The van der Waals surface area contributed by atoms with Gasteiger partial charge in [0.2, 0.25) is 5.91 Å². The van der Waals surface area contributed by atoms with Gasteiger partial charge in [0.15, 0.2) is 0 Å². The molecule has 1 amide bonds. The molecule has 0 aliphatic carbocycles. The summed E-state index contributed by atoms with van der Waals surface area (Å²) in [6, 6.07) is 3.40. The molecule has 2 N–H and O–H groups in total. The summed E-state index contributed by atoms with van der Waals surface area (Å²) >= 11 is 0. The number of aryl methyl sites for hydroxylation is 1. The molecule has 0 radical (unpaired) electrons. The average molecular weight is 314 g/mol. The molecular formula is C15H24ClN3O2. The van der Waals surface area contributed by atoms with E-state index in [-0.39, 0.29) is 23.9 Å². The van der Waals surface area contributed by atoms with Crippen LogP contribution in [0.15, 0.2) is 23.1 Å². The Labute approximate surface area is 131 Å². The highest BCUT2D eigenvalue weighted by Crippen LogP contribution is 2.22. The number of hydrogen-bond acceptors (Lipinski definition) is 3. The Morgan fingerprint density at radius 1 is 1.57 bits per heavy atom. The summed E-state index contributed by atoms with van der Waals surface area (Å²) in [4.78, 5) is 23.9. The van der Waals surface area contributed by atoms with Crippen LogP contribution in [0.1, 0.15) is 26.2 Å². The Morgan fingerprint density at radius 2 is 2.33 bits per heavy atom. The molecule has 5 nitrogen and oxygen atoms in total. The van der Waals surface area contributed by atoms with Gasteiger partial charge in [-0.1, -0.05) is 6.92 Å². The summed E-state index contributed by atoms with van der Waals surface area (Å²) in [7, 11) is 1.67. The second-order valence-corrected chi connectivity index (χ2v) is 5.67. The minimum atomic E-state index is -0.173. The van der Waals surface area contributed by atoms with Gasteiger partial charge in [0, 0.05) is 19.7 Å². The van der Waals surface area contributed by atoms with Crippen molar-refractivity contribution in [2.45, 2.75) is 26.2 Å². The first-order valence-electron chi connectivity index (χ1n) is 7.24. The van der Waals surface area contributed by atoms with Crippen molar-refractivity contribution < 1.29 is 4.79 Å². The summed E-state index contributed by atoms with van der Waals surface area (Å²) in [5, 5.41) is 6.10. The molecule has 2 unspecified atom stereocenters. The maximum atomic E-state index is 12.0. The van der Waals surface area contributed by atoms with Crippen LogP contribution in [-0.4, -0.2) is 23.6 Å². The normalized spacial score (nSPS) is 19.4. The van der Waals surface area contributed by atoms with Crippen LogP contribution in [0.3, 0.4) is 0 Å². The molecule has 1 fully saturated rings. The van der Waals surface area contributed by atoms with Gasteiger partial charge in [-0.2, -0.15) is 0 Å². The largest absolute Gasteiger partial charge is 0.321 e. The highest BCUT2D eigenvalue weighted by molar-refractivity contribution is 5.90. The van der Waals surface area contributed by atoms with Crippen molar-refractivity contribution >= 4 is 24.0 Å². The van der Waals surface area contributed by atoms with Gasteiger partial charge < -0.3 is 15.2 Å². The smallest absolute Gasteiger partial charge is 0.274 e. The molecule has 6 heteroatoms. The molecule has 0 spiro atoms. The third kappa shape index (κ3) is 4.86. The fourth-order valence-corrected chi connectivity index (χ4v) is 2.72. The Bertz CT molecular complexity index is 524. The van der Waals surface area contributed by atoms with Crippen LogP contribution in [-0.2, 0) is 11.8 Å². The molecule has 1 aromatic heterocycles.